The number of thioether (sulfide) groups is 1. The number of rotatable bonds is 20. The molecule has 1 fully saturated rings. The lowest BCUT2D eigenvalue weighted by Crippen LogP contribution is -2.70. The van der Waals surface area contributed by atoms with E-state index < -0.39 is 102 Å². The highest BCUT2D eigenvalue weighted by Crippen LogP contribution is 2.40. The van der Waals surface area contributed by atoms with Gasteiger partial charge in [0.05, 0.1) is 24.6 Å². The van der Waals surface area contributed by atoms with Gasteiger partial charge in [-0.15, -0.1) is 11.8 Å². The molecule has 2 rings (SSSR count). The predicted molar refractivity (Wildman–Crippen MR) is 174 cm³/mol. The Morgan fingerprint density at radius 1 is 1.04 bits per heavy atom. The number of carbonyl (C=O) groups is 7. The zero-order chi connectivity index (χ0) is 37.0. The minimum absolute atomic E-state index is 0.0419. The van der Waals surface area contributed by atoms with Crippen LogP contribution < -0.4 is 38.9 Å². The number of aliphatic hydroxyl groups is 1. The van der Waals surface area contributed by atoms with Crippen molar-refractivity contribution in [3.63, 3.8) is 0 Å². The molecule has 20 nitrogen and oxygen atoms in total. The van der Waals surface area contributed by atoms with E-state index in [4.69, 9.17) is 32.8 Å². The number of guanidine groups is 1. The molecule has 1 saturated heterocycles. The minimum Gasteiger partial charge on any atom is -0.480 e. The lowest BCUT2D eigenvalue weighted by Gasteiger charge is -2.49. The zero-order valence-corrected chi connectivity index (χ0v) is 27.9. The molecule has 0 spiro atoms. The van der Waals surface area contributed by atoms with Crippen LogP contribution in [0.2, 0.25) is 0 Å². The lowest BCUT2D eigenvalue weighted by molar-refractivity contribution is -0.151. The second-order valence-corrected chi connectivity index (χ2v) is 12.7. The number of carboxylic acid groups (broad SMARTS) is 2. The average molecular weight is 716 g/mol. The quantitative estimate of drug-likeness (QED) is 0.0189. The summed E-state index contributed by atoms with van der Waals surface area (Å²) in [4.78, 5) is 90.4. The molecule has 274 valence electrons. The van der Waals surface area contributed by atoms with Gasteiger partial charge in [0, 0.05) is 24.3 Å². The number of carbonyl (C=O) groups excluding carboxylic acids is 5. The molecule has 0 aromatic rings. The van der Waals surface area contributed by atoms with Crippen LogP contribution in [0.4, 0.5) is 0 Å². The second kappa shape index (κ2) is 18.9. The topological polar surface area (TPSA) is 345 Å². The standard InChI is InChI=1S/C28H45N9O11S/c1-12(29)22(41)34-13(2)23(42)35-16(6-4-8-33-28(31)32)17(38)9-19(40)48-10-14-11-49-25-20(24(43)37(25)21(14)27(46)47)36-18(39)7-3-5-15(30)26(44)45/h12-13,15-17,20,25,38H,3-11,29-30H2,1-2H3,(H,34,41)(H,35,42)(H,36,39)(H,44,45)(H,46,47)(H4,31,32,33). The Morgan fingerprint density at radius 3 is 2.31 bits per heavy atom. The molecule has 0 aromatic carbocycles. The van der Waals surface area contributed by atoms with E-state index in [-0.39, 0.29) is 49.5 Å². The molecule has 7 atom stereocenters. The second-order valence-electron chi connectivity index (χ2n) is 11.6. The Balaban J connectivity index is 2.01. The van der Waals surface area contributed by atoms with E-state index in [9.17, 15) is 43.8 Å². The Morgan fingerprint density at radius 2 is 1.71 bits per heavy atom. The maximum absolute atomic E-state index is 12.9. The van der Waals surface area contributed by atoms with Crippen molar-refractivity contribution in [1.29, 1.82) is 0 Å². The zero-order valence-electron chi connectivity index (χ0n) is 27.1. The van der Waals surface area contributed by atoms with Gasteiger partial charge >= 0.3 is 17.9 Å². The number of aliphatic carboxylic acids is 2. The van der Waals surface area contributed by atoms with Gasteiger partial charge < -0.3 is 58.9 Å². The third kappa shape index (κ3) is 12.2. The van der Waals surface area contributed by atoms with Crippen LogP contribution in [0.25, 0.3) is 0 Å². The van der Waals surface area contributed by atoms with E-state index >= 15 is 0 Å². The summed E-state index contributed by atoms with van der Waals surface area (Å²) in [6.45, 7) is 2.50. The van der Waals surface area contributed by atoms with Gasteiger partial charge in [0.15, 0.2) is 5.96 Å². The highest BCUT2D eigenvalue weighted by molar-refractivity contribution is 8.00. The van der Waals surface area contributed by atoms with Crippen molar-refractivity contribution in [3.05, 3.63) is 11.3 Å². The normalized spacial score (nSPS) is 19.9. The number of amides is 4. The Bertz CT molecular complexity index is 1340. The molecule has 0 saturated carbocycles. The number of nitrogens with one attached hydrogen (secondary N) is 3. The maximum atomic E-state index is 12.9. The van der Waals surface area contributed by atoms with Gasteiger partial charge in [0.2, 0.25) is 17.7 Å². The predicted octanol–water partition coefficient (Wildman–Crippen LogP) is -4.01. The van der Waals surface area contributed by atoms with Crippen LogP contribution in [0.3, 0.4) is 0 Å². The van der Waals surface area contributed by atoms with Gasteiger partial charge in [-0.3, -0.25) is 38.7 Å². The highest BCUT2D eigenvalue weighted by Gasteiger charge is 2.54. The smallest absolute Gasteiger partial charge is 0.352 e. The summed E-state index contributed by atoms with van der Waals surface area (Å²) in [6.07, 6.45) is -1.50. The maximum Gasteiger partial charge on any atom is 0.352 e. The number of hydrogen-bond acceptors (Lipinski definition) is 13. The number of fused-ring (bicyclic) bond motifs is 1. The molecule has 2 aliphatic heterocycles. The monoisotopic (exact) mass is 715 g/mol. The van der Waals surface area contributed by atoms with E-state index in [0.29, 0.717) is 6.42 Å². The van der Waals surface area contributed by atoms with E-state index in [1.807, 2.05) is 0 Å². The Hall–Kier alpha value is -4.47. The number of nitrogens with two attached hydrogens (primary N) is 4. The summed E-state index contributed by atoms with van der Waals surface area (Å²) >= 11 is 1.14. The van der Waals surface area contributed by atoms with Crippen molar-refractivity contribution in [1.82, 2.24) is 20.9 Å². The van der Waals surface area contributed by atoms with Gasteiger partial charge in [0.25, 0.3) is 5.91 Å². The van der Waals surface area contributed by atoms with Crippen LogP contribution >= 0.6 is 11.8 Å². The first-order valence-electron chi connectivity index (χ1n) is 15.4. The summed E-state index contributed by atoms with van der Waals surface area (Å²) in [7, 11) is 0. The van der Waals surface area contributed by atoms with E-state index in [1.165, 1.54) is 13.8 Å². The number of aliphatic imine (C=N–C) groups is 1. The van der Waals surface area contributed by atoms with Crippen LogP contribution in [0, 0.1) is 0 Å². The number of esters is 1. The molecule has 49 heavy (non-hydrogen) atoms. The molecule has 0 aromatic heterocycles. The van der Waals surface area contributed by atoms with Crippen molar-refractivity contribution in [2.24, 2.45) is 27.9 Å². The molecule has 2 heterocycles. The fourth-order valence-corrected chi connectivity index (χ4v) is 6.11. The summed E-state index contributed by atoms with van der Waals surface area (Å²) in [6, 6.07) is -5.02. The van der Waals surface area contributed by atoms with Gasteiger partial charge in [-0.05, 0) is 39.5 Å². The van der Waals surface area contributed by atoms with E-state index in [2.05, 4.69) is 20.9 Å². The van der Waals surface area contributed by atoms with E-state index in [1.54, 1.807) is 0 Å². The largest absolute Gasteiger partial charge is 0.480 e. The van der Waals surface area contributed by atoms with Crippen molar-refractivity contribution < 1.29 is 53.6 Å². The number of aliphatic hydroxyl groups excluding tert-OH is 1. The summed E-state index contributed by atoms with van der Waals surface area (Å²) in [5.74, 6) is -6.14. The molecule has 0 radical (unpaired) electrons. The molecular weight excluding hydrogens is 670 g/mol. The van der Waals surface area contributed by atoms with Gasteiger partial charge in [-0.25, -0.2) is 4.79 Å². The Kier molecular flexibility index (Phi) is 15.7. The molecule has 0 aliphatic carbocycles. The molecular formula is C28H45N9O11S. The fraction of sp³-hybridized carbons (Fsp3) is 0.643. The molecule has 21 heteroatoms. The molecule has 14 N–H and O–H groups in total. The SMILES string of the molecule is CC(N)C(=O)NC(C)C(=O)NC(CCCN=C(N)N)C(O)CC(=O)OCC1=C(C(=O)O)N2C(=O)C(NC(=O)CCCC(N)C(=O)O)C2SC1. The Labute approximate surface area is 285 Å². The molecule has 7 unspecified atom stereocenters. The number of carboxylic acids is 2. The highest BCUT2D eigenvalue weighted by atomic mass is 32.2. The fourth-order valence-electron chi connectivity index (χ4n) is 4.78. The minimum atomic E-state index is -1.47. The van der Waals surface area contributed by atoms with Gasteiger partial charge in [-0.1, -0.05) is 0 Å². The summed E-state index contributed by atoms with van der Waals surface area (Å²) < 4.78 is 5.25. The van der Waals surface area contributed by atoms with Crippen LogP contribution in [0.1, 0.15) is 52.4 Å². The van der Waals surface area contributed by atoms with E-state index in [0.717, 1.165) is 16.7 Å². The number of hydrogen-bond donors (Lipinski definition) is 10. The van der Waals surface area contributed by atoms with Crippen LogP contribution in [-0.2, 0) is 38.3 Å². The van der Waals surface area contributed by atoms with Crippen molar-refractivity contribution in [3.8, 4) is 0 Å². The van der Waals surface area contributed by atoms with Crippen molar-refractivity contribution >= 4 is 59.3 Å². The summed E-state index contributed by atoms with van der Waals surface area (Å²) in [5.41, 5.74) is 21.3. The number of β-lactam (4-membered cyclic amide) rings is 1. The van der Waals surface area contributed by atoms with Crippen LogP contribution in [0.15, 0.2) is 16.3 Å². The lowest BCUT2D eigenvalue weighted by atomic mass is 10.0. The first-order chi connectivity index (χ1) is 22.9. The van der Waals surface area contributed by atoms with Gasteiger partial charge in [-0.2, -0.15) is 0 Å². The third-order valence-electron chi connectivity index (χ3n) is 7.51. The van der Waals surface area contributed by atoms with Crippen LogP contribution in [-0.4, -0.2) is 128 Å². The molecule has 0 bridgehead atoms. The molecule has 4 amide bonds. The van der Waals surface area contributed by atoms with Crippen molar-refractivity contribution in [2.45, 2.75) is 94.1 Å². The number of ether oxygens (including phenoxy) is 1. The molecule has 2 aliphatic rings. The van der Waals surface area contributed by atoms with Crippen molar-refractivity contribution in [2.75, 3.05) is 18.9 Å². The first kappa shape index (κ1) is 40.7. The third-order valence-corrected chi connectivity index (χ3v) is 8.85. The average Bonchev–Trinajstić information content (AvgIpc) is 3.02. The number of nitrogens with zero attached hydrogens (tertiary/aromatic N) is 2. The summed E-state index contributed by atoms with van der Waals surface area (Å²) in [5, 5.41) is 36.4. The van der Waals surface area contributed by atoms with Gasteiger partial charge in [0.1, 0.15) is 35.8 Å². The van der Waals surface area contributed by atoms with Crippen LogP contribution in [0.5, 0.6) is 0 Å². The first-order valence-corrected chi connectivity index (χ1v) is 16.4.